The fourth-order valence-electron chi connectivity index (χ4n) is 1.87. The number of Topliss-reactive ketones (excluding diaryl/α,β-unsaturated/α-hetero) is 1. The summed E-state index contributed by atoms with van der Waals surface area (Å²) in [6.07, 6.45) is -0.716. The summed E-state index contributed by atoms with van der Waals surface area (Å²) in [5, 5.41) is 0. The second-order valence-corrected chi connectivity index (χ2v) is 5.41. The quantitative estimate of drug-likeness (QED) is 0.844. The molecular weight excluding hydrogens is 334 g/mol. The fraction of sp³-hybridized carbons (Fsp3) is 0.125. The van der Waals surface area contributed by atoms with Gasteiger partial charge in [-0.1, -0.05) is 40.2 Å². The summed E-state index contributed by atoms with van der Waals surface area (Å²) < 4.78 is 6.49. The lowest BCUT2D eigenvalue weighted by Crippen LogP contribution is -2.25. The average Bonchev–Trinajstić information content (AvgIpc) is 2.47. The molecule has 5 heteroatoms. The van der Waals surface area contributed by atoms with Gasteiger partial charge in [0, 0.05) is 10.0 Å². The molecule has 1 unspecified atom stereocenters. The Morgan fingerprint density at radius 3 is 2.33 bits per heavy atom. The number of benzene rings is 2. The van der Waals surface area contributed by atoms with Crippen molar-refractivity contribution in [3.8, 4) is 5.75 Å². The summed E-state index contributed by atoms with van der Waals surface area (Å²) in [6, 6.07) is 13.6. The van der Waals surface area contributed by atoms with Crippen LogP contribution in [0.15, 0.2) is 53.0 Å². The maximum absolute atomic E-state index is 12.3. The van der Waals surface area contributed by atoms with Crippen LogP contribution in [-0.2, 0) is 0 Å². The van der Waals surface area contributed by atoms with E-state index >= 15 is 0 Å². The topological polar surface area (TPSA) is 69.4 Å². The molecule has 108 valence electrons. The van der Waals surface area contributed by atoms with Crippen molar-refractivity contribution in [3.63, 3.8) is 0 Å². The predicted molar refractivity (Wildman–Crippen MR) is 83.5 cm³/mol. The molecule has 21 heavy (non-hydrogen) atoms. The Balaban J connectivity index is 2.18. The van der Waals surface area contributed by atoms with Gasteiger partial charge in [-0.05, 0) is 31.2 Å². The van der Waals surface area contributed by atoms with Gasteiger partial charge < -0.3 is 10.5 Å². The van der Waals surface area contributed by atoms with Gasteiger partial charge in [-0.25, -0.2) is 0 Å². The van der Waals surface area contributed by atoms with Crippen LogP contribution in [0, 0.1) is 0 Å². The van der Waals surface area contributed by atoms with Gasteiger partial charge >= 0.3 is 0 Å². The number of amides is 1. The van der Waals surface area contributed by atoms with Crippen LogP contribution in [0.5, 0.6) is 5.75 Å². The third kappa shape index (κ3) is 3.70. The van der Waals surface area contributed by atoms with Crippen molar-refractivity contribution in [2.24, 2.45) is 5.73 Å². The predicted octanol–water partition coefficient (Wildman–Crippen LogP) is 3.20. The molecule has 0 aliphatic heterocycles. The molecule has 2 aromatic rings. The van der Waals surface area contributed by atoms with E-state index in [0.717, 1.165) is 4.47 Å². The van der Waals surface area contributed by atoms with Crippen molar-refractivity contribution in [1.29, 1.82) is 0 Å². The summed E-state index contributed by atoms with van der Waals surface area (Å²) in [4.78, 5) is 23.6. The number of rotatable bonds is 5. The van der Waals surface area contributed by atoms with Crippen LogP contribution in [0.1, 0.15) is 27.6 Å². The molecule has 0 aromatic heterocycles. The van der Waals surface area contributed by atoms with Crippen molar-refractivity contribution in [1.82, 2.24) is 0 Å². The zero-order valence-corrected chi connectivity index (χ0v) is 13.0. The Hall–Kier alpha value is -2.14. The largest absolute Gasteiger partial charge is 0.482 e. The van der Waals surface area contributed by atoms with E-state index < -0.39 is 12.0 Å². The summed E-state index contributed by atoms with van der Waals surface area (Å²) in [5.41, 5.74) is 6.09. The molecule has 1 amide bonds. The molecule has 0 saturated carbocycles. The van der Waals surface area contributed by atoms with Gasteiger partial charge in [0.2, 0.25) is 5.78 Å². The van der Waals surface area contributed by atoms with Crippen molar-refractivity contribution >= 4 is 27.6 Å². The number of ketones is 1. The number of halogens is 1. The molecule has 2 rings (SSSR count). The van der Waals surface area contributed by atoms with E-state index in [9.17, 15) is 9.59 Å². The van der Waals surface area contributed by atoms with E-state index in [1.165, 1.54) is 0 Å². The molecule has 0 spiro atoms. The minimum atomic E-state index is -0.716. The average molecular weight is 348 g/mol. The number of nitrogens with two attached hydrogens (primary N) is 1. The molecule has 0 aliphatic rings. The van der Waals surface area contributed by atoms with Crippen LogP contribution in [0.4, 0.5) is 0 Å². The smallest absolute Gasteiger partial charge is 0.252 e. The fourth-order valence-corrected chi connectivity index (χ4v) is 2.13. The van der Waals surface area contributed by atoms with Crippen molar-refractivity contribution in [3.05, 3.63) is 64.1 Å². The molecule has 0 saturated heterocycles. The third-order valence-corrected chi connectivity index (χ3v) is 3.48. The Morgan fingerprint density at radius 2 is 1.71 bits per heavy atom. The first-order chi connectivity index (χ1) is 9.99. The van der Waals surface area contributed by atoms with Gasteiger partial charge in [-0.15, -0.1) is 0 Å². The van der Waals surface area contributed by atoms with E-state index in [-0.39, 0.29) is 11.3 Å². The van der Waals surface area contributed by atoms with Gasteiger partial charge in [0.15, 0.2) is 6.10 Å². The van der Waals surface area contributed by atoms with Crippen LogP contribution in [0.2, 0.25) is 0 Å². The molecule has 0 fully saturated rings. The van der Waals surface area contributed by atoms with E-state index in [2.05, 4.69) is 15.9 Å². The van der Waals surface area contributed by atoms with E-state index in [4.69, 9.17) is 10.5 Å². The minimum Gasteiger partial charge on any atom is -0.482 e. The van der Waals surface area contributed by atoms with Crippen LogP contribution in [0.3, 0.4) is 0 Å². The number of carbonyl (C=O) groups is 2. The molecule has 0 heterocycles. The molecule has 4 nitrogen and oxygen atoms in total. The third-order valence-electron chi connectivity index (χ3n) is 2.95. The number of carbonyl (C=O) groups excluding carboxylic acids is 2. The standard InChI is InChI=1S/C16H14BrNO3/c1-10(15(19)11-6-8-12(17)9-7-11)21-14-5-3-2-4-13(14)16(18)20/h2-10H,1H3,(H2,18,20). The van der Waals surface area contributed by atoms with E-state index in [0.29, 0.717) is 11.3 Å². The first-order valence-corrected chi connectivity index (χ1v) is 7.13. The van der Waals surface area contributed by atoms with Gasteiger partial charge in [-0.3, -0.25) is 9.59 Å². The van der Waals surface area contributed by atoms with E-state index in [1.54, 1.807) is 55.5 Å². The van der Waals surface area contributed by atoms with Crippen molar-refractivity contribution < 1.29 is 14.3 Å². The monoisotopic (exact) mass is 347 g/mol. The molecule has 2 aromatic carbocycles. The highest BCUT2D eigenvalue weighted by Gasteiger charge is 2.19. The second-order valence-electron chi connectivity index (χ2n) is 4.49. The van der Waals surface area contributed by atoms with Gasteiger partial charge in [-0.2, -0.15) is 0 Å². The zero-order chi connectivity index (χ0) is 15.4. The number of primary amides is 1. The summed E-state index contributed by atoms with van der Waals surface area (Å²) >= 11 is 3.32. The Morgan fingerprint density at radius 1 is 1.10 bits per heavy atom. The van der Waals surface area contributed by atoms with Gasteiger partial charge in [0.05, 0.1) is 5.56 Å². The minimum absolute atomic E-state index is 0.165. The number of ether oxygens (including phenoxy) is 1. The van der Waals surface area contributed by atoms with E-state index in [1.807, 2.05) is 0 Å². The SMILES string of the molecule is CC(Oc1ccccc1C(N)=O)C(=O)c1ccc(Br)cc1. The normalized spacial score (nSPS) is 11.7. The zero-order valence-electron chi connectivity index (χ0n) is 11.4. The second kappa shape index (κ2) is 6.54. The summed E-state index contributed by atoms with van der Waals surface area (Å²) in [6.45, 7) is 1.64. The Labute approximate surface area is 131 Å². The molecule has 0 bridgehead atoms. The highest BCUT2D eigenvalue weighted by molar-refractivity contribution is 9.10. The lowest BCUT2D eigenvalue weighted by molar-refractivity contribution is 0.0811. The van der Waals surface area contributed by atoms with Gasteiger partial charge in [0.1, 0.15) is 5.75 Å². The first kappa shape index (κ1) is 15.3. The van der Waals surface area contributed by atoms with Crippen LogP contribution < -0.4 is 10.5 Å². The van der Waals surface area contributed by atoms with Crippen LogP contribution >= 0.6 is 15.9 Å². The summed E-state index contributed by atoms with van der Waals surface area (Å²) in [7, 11) is 0. The number of hydrogen-bond acceptors (Lipinski definition) is 3. The molecular formula is C16H14BrNO3. The number of hydrogen-bond donors (Lipinski definition) is 1. The Kier molecular flexibility index (Phi) is 4.75. The van der Waals surface area contributed by atoms with Crippen molar-refractivity contribution in [2.45, 2.75) is 13.0 Å². The molecule has 2 N–H and O–H groups in total. The van der Waals surface area contributed by atoms with Crippen molar-refractivity contribution in [2.75, 3.05) is 0 Å². The lowest BCUT2D eigenvalue weighted by Gasteiger charge is -2.15. The summed E-state index contributed by atoms with van der Waals surface area (Å²) in [5.74, 6) is -0.446. The molecule has 0 radical (unpaired) electrons. The maximum Gasteiger partial charge on any atom is 0.252 e. The highest BCUT2D eigenvalue weighted by atomic mass is 79.9. The maximum atomic E-state index is 12.3. The van der Waals surface area contributed by atoms with Gasteiger partial charge in [0.25, 0.3) is 5.91 Å². The lowest BCUT2D eigenvalue weighted by atomic mass is 10.1. The molecule has 0 aliphatic carbocycles. The van der Waals surface area contributed by atoms with Crippen LogP contribution in [-0.4, -0.2) is 17.8 Å². The number of para-hydroxylation sites is 1. The molecule has 1 atom stereocenters. The first-order valence-electron chi connectivity index (χ1n) is 6.34. The highest BCUT2D eigenvalue weighted by Crippen LogP contribution is 2.20. The Bertz CT molecular complexity index is 667. The van der Waals surface area contributed by atoms with Crippen LogP contribution in [0.25, 0.3) is 0 Å².